The Morgan fingerprint density at radius 3 is 2.62 bits per heavy atom. The molecule has 9 heteroatoms. The number of hydrogen-bond acceptors (Lipinski definition) is 5. The smallest absolute Gasteiger partial charge is 0.194 e. The van der Waals surface area contributed by atoms with Crippen LogP contribution in [0.15, 0.2) is 48.6 Å². The highest BCUT2D eigenvalue weighted by atomic mass is 19.2. The summed E-state index contributed by atoms with van der Waals surface area (Å²) in [7, 11) is 1.56. The van der Waals surface area contributed by atoms with Crippen molar-refractivity contribution < 1.29 is 27.8 Å². The molecule has 1 aliphatic heterocycles. The molecule has 1 atom stereocenters. The zero-order valence-electron chi connectivity index (χ0n) is 17.6. The Kier molecular flexibility index (Phi) is 6.20. The van der Waals surface area contributed by atoms with Gasteiger partial charge in [-0.05, 0) is 48.4 Å². The quantitative estimate of drug-likeness (QED) is 0.606. The summed E-state index contributed by atoms with van der Waals surface area (Å²) >= 11 is 0. The first-order valence-corrected chi connectivity index (χ1v) is 9.94. The van der Waals surface area contributed by atoms with Crippen molar-refractivity contribution in [3.8, 4) is 11.4 Å². The van der Waals surface area contributed by atoms with Crippen LogP contribution in [0.3, 0.4) is 0 Å². The Bertz CT molecular complexity index is 1140. The highest BCUT2D eigenvalue weighted by Crippen LogP contribution is 2.28. The number of aliphatic hydroxyl groups is 1. The van der Waals surface area contributed by atoms with Crippen molar-refractivity contribution in [1.29, 1.82) is 0 Å². The number of hydrogen-bond donors (Lipinski definition) is 1. The average molecular weight is 445 g/mol. The Morgan fingerprint density at radius 2 is 1.97 bits per heavy atom. The summed E-state index contributed by atoms with van der Waals surface area (Å²) in [6, 6.07) is 7.36. The predicted molar refractivity (Wildman–Crippen MR) is 112 cm³/mol. The number of aryl methyl sites for hydroxylation is 1. The lowest BCUT2D eigenvalue weighted by Gasteiger charge is -2.34. The van der Waals surface area contributed by atoms with Gasteiger partial charge in [0.05, 0.1) is 24.8 Å². The van der Waals surface area contributed by atoms with E-state index in [-0.39, 0.29) is 24.5 Å². The summed E-state index contributed by atoms with van der Waals surface area (Å²) in [4.78, 5) is 5.81. The third-order valence-electron chi connectivity index (χ3n) is 5.18. The first-order valence-electron chi connectivity index (χ1n) is 9.94. The van der Waals surface area contributed by atoms with Gasteiger partial charge in [0.25, 0.3) is 0 Å². The summed E-state index contributed by atoms with van der Waals surface area (Å²) in [6.07, 6.45) is 4.11. The molecular formula is C23H22F3N3O3. The van der Waals surface area contributed by atoms with Crippen molar-refractivity contribution >= 4 is 6.08 Å². The Morgan fingerprint density at radius 1 is 1.22 bits per heavy atom. The molecule has 0 aliphatic carbocycles. The van der Waals surface area contributed by atoms with Gasteiger partial charge in [0.2, 0.25) is 0 Å². The molecule has 0 spiro atoms. The first kappa shape index (κ1) is 21.9. The van der Waals surface area contributed by atoms with Crippen LogP contribution in [-0.4, -0.2) is 46.0 Å². The van der Waals surface area contributed by atoms with Crippen molar-refractivity contribution in [1.82, 2.24) is 14.5 Å². The zero-order chi connectivity index (χ0) is 22.8. The molecule has 2 heterocycles. The van der Waals surface area contributed by atoms with Crippen LogP contribution in [0.2, 0.25) is 0 Å². The van der Waals surface area contributed by atoms with Crippen molar-refractivity contribution in [3.63, 3.8) is 0 Å². The zero-order valence-corrected chi connectivity index (χ0v) is 17.6. The van der Waals surface area contributed by atoms with Gasteiger partial charge in [-0.1, -0.05) is 6.07 Å². The lowest BCUT2D eigenvalue weighted by molar-refractivity contribution is -0.0621. The number of benzene rings is 2. The molecule has 168 valence electrons. The second-order valence-corrected chi connectivity index (χ2v) is 7.47. The number of ether oxygens (including phenoxy) is 2. The maximum Gasteiger partial charge on any atom is 0.194 e. The fourth-order valence-corrected chi connectivity index (χ4v) is 3.59. The molecule has 3 aromatic rings. The van der Waals surface area contributed by atoms with Gasteiger partial charge >= 0.3 is 0 Å². The molecule has 0 radical (unpaired) electrons. The van der Waals surface area contributed by atoms with E-state index in [1.54, 1.807) is 30.5 Å². The standard InChI is InChI=1S/C23H22F3N3O3/c1-14-11-29(13-27-14)19-4-3-15(9-20(19)31-2)10-21-23(30)28(5-6-32-21)12-16-7-17(24)22(26)18(25)8-16/h3-4,7-11,13,23,30H,5-6,12H2,1-2H3/b21-10-. The molecule has 2 aromatic carbocycles. The molecule has 1 saturated heterocycles. The highest BCUT2D eigenvalue weighted by molar-refractivity contribution is 5.60. The Hall–Kier alpha value is -3.30. The Balaban J connectivity index is 1.56. The summed E-state index contributed by atoms with van der Waals surface area (Å²) < 4.78 is 53.3. The van der Waals surface area contributed by atoms with Gasteiger partial charge in [-0.25, -0.2) is 18.2 Å². The van der Waals surface area contributed by atoms with E-state index in [9.17, 15) is 18.3 Å². The number of methoxy groups -OCH3 is 1. The number of aromatic nitrogens is 2. The van der Waals surface area contributed by atoms with Gasteiger partial charge in [0, 0.05) is 19.3 Å². The minimum Gasteiger partial charge on any atom is -0.495 e. The lowest BCUT2D eigenvalue weighted by Crippen LogP contribution is -2.43. The Labute approximate surface area is 183 Å². The molecule has 1 aromatic heterocycles. The fraction of sp³-hybridized carbons (Fsp3) is 0.261. The van der Waals surface area contributed by atoms with E-state index in [0.29, 0.717) is 12.3 Å². The molecular weight excluding hydrogens is 423 g/mol. The largest absolute Gasteiger partial charge is 0.495 e. The normalized spacial score (nSPS) is 18.1. The van der Waals surface area contributed by atoms with Gasteiger partial charge in [-0.2, -0.15) is 0 Å². The first-order chi connectivity index (χ1) is 15.4. The second kappa shape index (κ2) is 9.05. The molecule has 6 nitrogen and oxygen atoms in total. The van der Waals surface area contributed by atoms with E-state index in [1.165, 1.54) is 0 Å². The number of nitrogens with zero attached hydrogens (tertiary/aromatic N) is 3. The number of halogens is 3. The molecule has 4 rings (SSSR count). The summed E-state index contributed by atoms with van der Waals surface area (Å²) in [5, 5.41) is 10.7. The van der Waals surface area contributed by atoms with Crippen LogP contribution in [0.1, 0.15) is 16.8 Å². The van der Waals surface area contributed by atoms with Gasteiger partial charge < -0.3 is 19.1 Å². The highest BCUT2D eigenvalue weighted by Gasteiger charge is 2.27. The monoisotopic (exact) mass is 445 g/mol. The van der Waals surface area contributed by atoms with Gasteiger partial charge in [-0.3, -0.25) is 4.90 Å². The van der Waals surface area contributed by atoms with E-state index < -0.39 is 23.7 Å². The lowest BCUT2D eigenvalue weighted by atomic mass is 10.1. The van der Waals surface area contributed by atoms with Crippen LogP contribution in [0.25, 0.3) is 11.8 Å². The minimum absolute atomic E-state index is 0.0260. The van der Waals surface area contributed by atoms with E-state index in [1.807, 2.05) is 29.8 Å². The van der Waals surface area contributed by atoms with Crippen LogP contribution < -0.4 is 4.74 Å². The second-order valence-electron chi connectivity index (χ2n) is 7.47. The third kappa shape index (κ3) is 4.49. The number of rotatable bonds is 5. The minimum atomic E-state index is -1.51. The van der Waals surface area contributed by atoms with Gasteiger partial charge in [0.1, 0.15) is 18.1 Å². The molecule has 32 heavy (non-hydrogen) atoms. The molecule has 0 saturated carbocycles. The predicted octanol–water partition coefficient (Wildman–Crippen LogP) is 3.80. The number of imidazole rings is 1. The maximum absolute atomic E-state index is 13.5. The van der Waals surface area contributed by atoms with E-state index in [4.69, 9.17) is 9.47 Å². The van der Waals surface area contributed by atoms with Crippen LogP contribution in [-0.2, 0) is 11.3 Å². The van der Waals surface area contributed by atoms with Crippen molar-refractivity contribution in [2.75, 3.05) is 20.3 Å². The van der Waals surface area contributed by atoms with E-state index in [2.05, 4.69) is 4.98 Å². The number of aliphatic hydroxyl groups excluding tert-OH is 1. The molecule has 1 aliphatic rings. The van der Waals surface area contributed by atoms with Gasteiger partial charge in [0.15, 0.2) is 23.7 Å². The molecule has 1 N–H and O–H groups in total. The number of morpholine rings is 1. The van der Waals surface area contributed by atoms with Crippen molar-refractivity contribution in [3.05, 3.63) is 82.9 Å². The van der Waals surface area contributed by atoms with Gasteiger partial charge in [-0.15, -0.1) is 0 Å². The topological polar surface area (TPSA) is 59.8 Å². The SMILES string of the molecule is COc1cc(/C=C2\OCCN(Cc3cc(F)c(F)c(F)c3)C2O)ccc1-n1cnc(C)c1. The van der Waals surface area contributed by atoms with Crippen molar-refractivity contribution in [2.45, 2.75) is 19.7 Å². The molecule has 0 bridgehead atoms. The van der Waals surface area contributed by atoms with E-state index in [0.717, 1.165) is 29.1 Å². The summed E-state index contributed by atoms with van der Waals surface area (Å²) in [5.74, 6) is -3.15. The summed E-state index contributed by atoms with van der Waals surface area (Å²) in [5.41, 5.74) is 2.63. The van der Waals surface area contributed by atoms with Crippen LogP contribution >= 0.6 is 0 Å². The molecule has 0 amide bonds. The maximum atomic E-state index is 13.5. The van der Waals surface area contributed by atoms with Crippen molar-refractivity contribution in [2.24, 2.45) is 0 Å². The van der Waals surface area contributed by atoms with E-state index >= 15 is 0 Å². The fourth-order valence-electron chi connectivity index (χ4n) is 3.59. The van der Waals surface area contributed by atoms with Crippen LogP contribution in [0, 0.1) is 24.4 Å². The average Bonchev–Trinajstić information content (AvgIpc) is 3.20. The molecule has 1 fully saturated rings. The summed E-state index contributed by atoms with van der Waals surface area (Å²) in [6.45, 7) is 2.53. The molecule has 1 unspecified atom stereocenters. The third-order valence-corrected chi connectivity index (χ3v) is 5.18. The van der Waals surface area contributed by atoms with Crippen LogP contribution in [0.4, 0.5) is 13.2 Å². The van der Waals surface area contributed by atoms with Crippen LogP contribution in [0.5, 0.6) is 5.75 Å².